The Morgan fingerprint density at radius 1 is 1.48 bits per heavy atom. The van der Waals surface area contributed by atoms with E-state index in [1.54, 1.807) is 0 Å². The number of rotatable bonds is 7. The summed E-state index contributed by atoms with van der Waals surface area (Å²) >= 11 is 1.30. The molecule has 21 heavy (non-hydrogen) atoms. The highest BCUT2D eigenvalue weighted by Crippen LogP contribution is 2.61. The third-order valence-electron chi connectivity index (χ3n) is 4.41. The van der Waals surface area contributed by atoms with Crippen molar-refractivity contribution < 1.29 is 9.53 Å². The summed E-state index contributed by atoms with van der Waals surface area (Å²) in [5.41, 5.74) is 12.2. The number of nitrogens with two attached hydrogens (primary N) is 2. The highest BCUT2D eigenvalue weighted by Gasteiger charge is 2.53. The number of hydrogen-bond donors (Lipinski definition) is 3. The fourth-order valence-electron chi connectivity index (χ4n) is 2.92. The van der Waals surface area contributed by atoms with Gasteiger partial charge in [0.15, 0.2) is 5.75 Å². The molecule has 0 unspecified atom stereocenters. The second kappa shape index (κ2) is 5.09. The van der Waals surface area contributed by atoms with Crippen LogP contribution in [0.15, 0.2) is 0 Å². The molecule has 2 aliphatic rings. The van der Waals surface area contributed by atoms with Crippen LogP contribution in [0.25, 0.3) is 0 Å². The second-order valence-electron chi connectivity index (χ2n) is 6.52. The van der Waals surface area contributed by atoms with Gasteiger partial charge in [-0.15, -0.1) is 11.3 Å². The zero-order valence-corrected chi connectivity index (χ0v) is 13.4. The molecule has 0 aliphatic heterocycles. The van der Waals surface area contributed by atoms with Crippen molar-refractivity contribution >= 4 is 27.9 Å². The predicted molar refractivity (Wildman–Crippen MR) is 85.9 cm³/mol. The number of hydrogen-bond acceptors (Lipinski definition) is 5. The van der Waals surface area contributed by atoms with Crippen molar-refractivity contribution in [3.63, 3.8) is 0 Å². The number of carbonyl (C=O) groups excluding carboxylic acids is 1. The van der Waals surface area contributed by atoms with Crippen LogP contribution in [0.4, 0.5) is 10.7 Å². The van der Waals surface area contributed by atoms with Crippen LogP contribution in [0, 0.1) is 11.3 Å². The lowest BCUT2D eigenvalue weighted by molar-refractivity contribution is 0.100. The molecule has 0 radical (unpaired) electrons. The number of anilines is 2. The number of primary amides is 1. The fraction of sp³-hybridized carbons (Fsp3) is 0.667. The first-order valence-electron chi connectivity index (χ1n) is 7.55. The van der Waals surface area contributed by atoms with Crippen LogP contribution in [0.3, 0.4) is 0 Å². The molecular formula is C15H23N3O2S. The molecule has 5 nitrogen and oxygen atoms in total. The first-order valence-corrected chi connectivity index (χ1v) is 8.37. The lowest BCUT2D eigenvalue weighted by Crippen LogP contribution is -2.17. The van der Waals surface area contributed by atoms with Crippen molar-refractivity contribution in [3.8, 4) is 5.75 Å². The van der Waals surface area contributed by atoms with Crippen LogP contribution in [-0.2, 0) is 0 Å². The molecule has 0 aromatic carbocycles. The van der Waals surface area contributed by atoms with Gasteiger partial charge in [-0.1, -0.05) is 0 Å². The molecule has 0 saturated heterocycles. The first kappa shape index (κ1) is 14.5. The van der Waals surface area contributed by atoms with Crippen molar-refractivity contribution in [1.29, 1.82) is 0 Å². The van der Waals surface area contributed by atoms with Gasteiger partial charge >= 0.3 is 0 Å². The zero-order valence-electron chi connectivity index (χ0n) is 12.6. The van der Waals surface area contributed by atoms with Gasteiger partial charge in [0.25, 0.3) is 5.91 Å². The van der Waals surface area contributed by atoms with E-state index in [9.17, 15) is 4.79 Å². The molecule has 5 N–H and O–H groups in total. The van der Waals surface area contributed by atoms with Crippen molar-refractivity contribution in [3.05, 3.63) is 4.88 Å². The Hall–Kier alpha value is -1.43. The fourth-order valence-corrected chi connectivity index (χ4v) is 3.83. The average Bonchev–Trinajstić information content (AvgIpc) is 3.28. The van der Waals surface area contributed by atoms with Crippen molar-refractivity contribution in [2.45, 2.75) is 45.6 Å². The van der Waals surface area contributed by atoms with Gasteiger partial charge in [-0.05, 0) is 50.9 Å². The zero-order chi connectivity index (χ0) is 15.2. The first-order chi connectivity index (χ1) is 9.93. The minimum Gasteiger partial charge on any atom is -0.486 e. The summed E-state index contributed by atoms with van der Waals surface area (Å²) in [4.78, 5) is 11.9. The summed E-state index contributed by atoms with van der Waals surface area (Å²) in [7, 11) is 0. The molecule has 1 aromatic rings. The Bertz CT molecular complexity index is 560. The van der Waals surface area contributed by atoms with E-state index in [-0.39, 0.29) is 6.10 Å². The normalized spacial score (nSPS) is 19.6. The number of carbonyl (C=O) groups is 1. The van der Waals surface area contributed by atoms with E-state index in [0.29, 0.717) is 21.7 Å². The van der Waals surface area contributed by atoms with E-state index in [2.05, 4.69) is 5.32 Å². The largest absolute Gasteiger partial charge is 0.486 e. The average molecular weight is 309 g/mol. The van der Waals surface area contributed by atoms with Crippen molar-refractivity contribution in [2.24, 2.45) is 17.1 Å². The van der Waals surface area contributed by atoms with Gasteiger partial charge in [0.05, 0.1) is 6.10 Å². The van der Waals surface area contributed by atoms with Crippen LogP contribution in [0.2, 0.25) is 0 Å². The van der Waals surface area contributed by atoms with Gasteiger partial charge in [-0.2, -0.15) is 0 Å². The lowest BCUT2D eigenvalue weighted by atomic mass is 10.0. The van der Waals surface area contributed by atoms with Gasteiger partial charge < -0.3 is 21.5 Å². The van der Waals surface area contributed by atoms with E-state index in [4.69, 9.17) is 16.2 Å². The Morgan fingerprint density at radius 3 is 2.62 bits per heavy atom. The monoisotopic (exact) mass is 309 g/mol. The van der Waals surface area contributed by atoms with Gasteiger partial charge in [-0.25, -0.2) is 0 Å². The molecule has 1 aromatic heterocycles. The standard InChI is InChI=1S/C15H23N3O2S/c1-8(2)20-11-10(16)12(13(17)19)21-14(11)18-7-15(5-6-15)9-3-4-9/h8-9,18H,3-7,16H2,1-2H3,(H2,17,19). The maximum atomic E-state index is 11.5. The third-order valence-corrected chi connectivity index (χ3v) is 5.57. The molecule has 0 atom stereocenters. The third kappa shape index (κ3) is 2.81. The number of nitrogen functional groups attached to an aromatic ring is 1. The molecule has 1 amide bonds. The minimum absolute atomic E-state index is 0.00138. The topological polar surface area (TPSA) is 90.4 Å². The minimum atomic E-state index is -0.498. The smallest absolute Gasteiger partial charge is 0.261 e. The SMILES string of the molecule is CC(C)Oc1c(NCC2(C3CC3)CC2)sc(C(N)=O)c1N. The molecule has 116 valence electrons. The van der Waals surface area contributed by atoms with E-state index >= 15 is 0 Å². The van der Waals surface area contributed by atoms with Gasteiger partial charge in [-0.3, -0.25) is 4.79 Å². The van der Waals surface area contributed by atoms with E-state index < -0.39 is 5.91 Å². The molecule has 2 saturated carbocycles. The van der Waals surface area contributed by atoms with Crippen LogP contribution >= 0.6 is 11.3 Å². The molecular weight excluding hydrogens is 286 g/mol. The van der Waals surface area contributed by atoms with E-state index in [1.807, 2.05) is 13.8 Å². The maximum absolute atomic E-state index is 11.5. The Balaban J connectivity index is 1.78. The summed E-state index contributed by atoms with van der Waals surface area (Å²) in [6, 6.07) is 0. The molecule has 2 fully saturated rings. The van der Waals surface area contributed by atoms with Crippen LogP contribution in [0.5, 0.6) is 5.75 Å². The highest BCUT2D eigenvalue weighted by atomic mass is 32.1. The molecule has 0 bridgehead atoms. The number of nitrogens with one attached hydrogen (secondary N) is 1. The lowest BCUT2D eigenvalue weighted by Gasteiger charge is -2.17. The summed E-state index contributed by atoms with van der Waals surface area (Å²) in [6.45, 7) is 4.82. The summed E-state index contributed by atoms with van der Waals surface area (Å²) in [6.07, 6.45) is 5.32. The van der Waals surface area contributed by atoms with Gasteiger partial charge in [0, 0.05) is 6.54 Å². The highest BCUT2D eigenvalue weighted by molar-refractivity contribution is 7.19. The summed E-state index contributed by atoms with van der Waals surface area (Å²) in [5, 5.41) is 4.30. The molecule has 2 aliphatic carbocycles. The number of amides is 1. The Labute approximate surface area is 129 Å². The van der Waals surface area contributed by atoms with Crippen molar-refractivity contribution in [2.75, 3.05) is 17.6 Å². The van der Waals surface area contributed by atoms with E-state index in [1.165, 1.54) is 37.0 Å². The maximum Gasteiger partial charge on any atom is 0.261 e. The van der Waals surface area contributed by atoms with E-state index in [0.717, 1.165) is 17.5 Å². The Kier molecular flexibility index (Phi) is 3.51. The van der Waals surface area contributed by atoms with Crippen LogP contribution in [0.1, 0.15) is 49.2 Å². The van der Waals surface area contributed by atoms with Crippen LogP contribution in [-0.4, -0.2) is 18.6 Å². The predicted octanol–water partition coefficient (Wildman–Crippen LogP) is 2.82. The number of thiophene rings is 1. The quantitative estimate of drug-likeness (QED) is 0.722. The second-order valence-corrected chi connectivity index (χ2v) is 7.54. The molecule has 6 heteroatoms. The van der Waals surface area contributed by atoms with Crippen molar-refractivity contribution in [1.82, 2.24) is 0 Å². The molecule has 0 spiro atoms. The van der Waals surface area contributed by atoms with Crippen LogP contribution < -0.4 is 21.5 Å². The molecule has 1 heterocycles. The van der Waals surface area contributed by atoms with Gasteiger partial charge in [0.2, 0.25) is 0 Å². The molecule has 3 rings (SSSR count). The Morgan fingerprint density at radius 2 is 2.14 bits per heavy atom. The van der Waals surface area contributed by atoms with Gasteiger partial charge in [0.1, 0.15) is 15.6 Å². The summed E-state index contributed by atoms with van der Waals surface area (Å²) in [5.74, 6) is 0.963. The summed E-state index contributed by atoms with van der Waals surface area (Å²) < 4.78 is 5.78. The number of ether oxygens (including phenoxy) is 1.